The first-order valence-electron chi connectivity index (χ1n) is 3.73. The van der Waals surface area contributed by atoms with Crippen LogP contribution in [-0.2, 0) is 0 Å². The Bertz CT molecular complexity index is 283. The molecule has 0 saturated carbocycles. The van der Waals surface area contributed by atoms with Crippen LogP contribution in [0.5, 0.6) is 0 Å². The second-order valence-corrected chi connectivity index (χ2v) is 2.76. The van der Waals surface area contributed by atoms with Crippen molar-refractivity contribution >= 4 is 6.21 Å². The van der Waals surface area contributed by atoms with E-state index in [2.05, 4.69) is 10.9 Å². The molecule has 3 heteroatoms. The van der Waals surface area contributed by atoms with Crippen LogP contribution in [0.4, 0.5) is 0 Å². The molecule has 1 atom stereocenters. The van der Waals surface area contributed by atoms with Crippen molar-refractivity contribution in [1.29, 1.82) is 0 Å². The molecule has 0 spiro atoms. The third-order valence-corrected chi connectivity index (χ3v) is 1.74. The highest BCUT2D eigenvalue weighted by molar-refractivity contribution is 5.64. The van der Waals surface area contributed by atoms with E-state index in [9.17, 15) is 5.11 Å². The smallest absolute Gasteiger partial charge is 0.102 e. The molecule has 0 amide bonds. The van der Waals surface area contributed by atoms with Gasteiger partial charge < -0.3 is 10.3 Å². The van der Waals surface area contributed by atoms with Gasteiger partial charge >= 0.3 is 0 Å². The third-order valence-electron chi connectivity index (χ3n) is 1.74. The average Bonchev–Trinajstić information content (AvgIpc) is 2.16. The van der Waals surface area contributed by atoms with E-state index in [0.29, 0.717) is 6.42 Å². The summed E-state index contributed by atoms with van der Waals surface area (Å²) in [6, 6.07) is 0. The van der Waals surface area contributed by atoms with Crippen molar-refractivity contribution in [3.05, 3.63) is 29.2 Å². The van der Waals surface area contributed by atoms with Crippen LogP contribution in [-0.4, -0.2) is 16.5 Å². The second-order valence-electron chi connectivity index (χ2n) is 2.76. The van der Waals surface area contributed by atoms with Gasteiger partial charge in [0.1, 0.15) is 5.76 Å². The maximum atomic E-state index is 9.37. The maximum Gasteiger partial charge on any atom is 0.102 e. The van der Waals surface area contributed by atoms with Gasteiger partial charge in [-0.1, -0.05) is 0 Å². The number of aliphatic hydroxyl groups is 1. The first-order chi connectivity index (χ1) is 5.74. The zero-order valence-electron chi connectivity index (χ0n) is 6.86. The van der Waals surface area contributed by atoms with Gasteiger partial charge in [-0.2, -0.15) is 0 Å². The molecule has 0 aromatic rings. The topological polar surface area (TPSA) is 52.8 Å². The van der Waals surface area contributed by atoms with Crippen LogP contribution < -0.4 is 0 Å². The molecule has 1 aliphatic carbocycles. The minimum Gasteiger partial charge on any atom is -0.512 e. The lowest BCUT2D eigenvalue weighted by Crippen LogP contribution is -2.05. The zero-order valence-corrected chi connectivity index (χ0v) is 6.86. The Balaban J connectivity index is 2.87. The van der Waals surface area contributed by atoms with Crippen LogP contribution in [0.25, 0.3) is 0 Å². The van der Waals surface area contributed by atoms with Gasteiger partial charge in [0.05, 0.1) is 12.1 Å². The molecule has 0 heterocycles. The number of hydrogen-bond acceptors (Lipinski definition) is 3. The van der Waals surface area contributed by atoms with E-state index in [0.717, 1.165) is 5.57 Å². The summed E-state index contributed by atoms with van der Waals surface area (Å²) in [4.78, 5) is 0. The third kappa shape index (κ3) is 2.01. The highest BCUT2D eigenvalue weighted by Gasteiger charge is 2.12. The Morgan fingerprint density at radius 2 is 2.50 bits per heavy atom. The number of oxime groups is 1. The van der Waals surface area contributed by atoms with E-state index in [1.54, 1.807) is 12.2 Å². The first-order valence-corrected chi connectivity index (χ1v) is 3.73. The summed E-state index contributed by atoms with van der Waals surface area (Å²) in [5.41, 5.74) is 4.00. The standard InChI is InChI=1S/C9H11NO2/c1-7-3-2-4-9(11)8(5-7)6-10-12/h2,4,6,8,11-12H,5H2,1H3/b10-6-. The molecule has 0 fully saturated rings. The summed E-state index contributed by atoms with van der Waals surface area (Å²) in [6.45, 7) is 1.92. The van der Waals surface area contributed by atoms with Gasteiger partial charge in [-0.25, -0.2) is 0 Å². The molecule has 1 unspecified atom stereocenters. The molecule has 0 aromatic carbocycles. The first kappa shape index (κ1) is 8.62. The van der Waals surface area contributed by atoms with Gasteiger partial charge in [0.15, 0.2) is 0 Å². The fraction of sp³-hybridized carbons (Fsp3) is 0.333. The highest BCUT2D eigenvalue weighted by atomic mass is 16.4. The molecule has 0 aliphatic heterocycles. The van der Waals surface area contributed by atoms with Crippen molar-refractivity contribution in [2.75, 3.05) is 0 Å². The van der Waals surface area contributed by atoms with Crippen LogP contribution in [0.3, 0.4) is 0 Å². The molecule has 1 rings (SSSR count). The van der Waals surface area contributed by atoms with E-state index in [1.165, 1.54) is 6.21 Å². The zero-order chi connectivity index (χ0) is 8.97. The Morgan fingerprint density at radius 1 is 1.75 bits per heavy atom. The molecule has 0 bridgehead atoms. The van der Waals surface area contributed by atoms with Crippen molar-refractivity contribution in [1.82, 2.24) is 0 Å². The maximum absolute atomic E-state index is 9.37. The van der Waals surface area contributed by atoms with Gasteiger partial charge in [-0.3, -0.25) is 0 Å². The predicted octanol–water partition coefficient (Wildman–Crippen LogP) is 2.01. The SMILES string of the molecule is CC1=C=CC=C(O)C(/C=N\O)C1. The fourth-order valence-corrected chi connectivity index (χ4v) is 1.10. The molecule has 12 heavy (non-hydrogen) atoms. The van der Waals surface area contributed by atoms with Crippen LogP contribution >= 0.6 is 0 Å². The normalized spacial score (nSPS) is 23.6. The van der Waals surface area contributed by atoms with Crippen molar-refractivity contribution in [3.8, 4) is 0 Å². The molecule has 0 saturated heterocycles. The van der Waals surface area contributed by atoms with E-state index < -0.39 is 0 Å². The fourth-order valence-electron chi connectivity index (χ4n) is 1.10. The summed E-state index contributed by atoms with van der Waals surface area (Å²) in [5, 5.41) is 20.6. The monoisotopic (exact) mass is 165 g/mol. The molecule has 3 nitrogen and oxygen atoms in total. The molecule has 0 aromatic heterocycles. The van der Waals surface area contributed by atoms with Crippen molar-refractivity contribution < 1.29 is 10.3 Å². The Hall–Kier alpha value is -1.47. The van der Waals surface area contributed by atoms with Crippen LogP contribution in [0.2, 0.25) is 0 Å². The minimum absolute atomic E-state index is 0.206. The summed E-state index contributed by atoms with van der Waals surface area (Å²) >= 11 is 0. The van der Waals surface area contributed by atoms with Gasteiger partial charge in [-0.05, 0) is 31.1 Å². The Morgan fingerprint density at radius 3 is 3.17 bits per heavy atom. The number of aliphatic hydroxyl groups excluding tert-OH is 1. The molecular weight excluding hydrogens is 154 g/mol. The lowest BCUT2D eigenvalue weighted by Gasteiger charge is -2.07. The van der Waals surface area contributed by atoms with E-state index in [4.69, 9.17) is 5.21 Å². The van der Waals surface area contributed by atoms with Gasteiger partial charge in [-0.15, -0.1) is 10.9 Å². The van der Waals surface area contributed by atoms with Crippen LogP contribution in [0.15, 0.2) is 34.4 Å². The van der Waals surface area contributed by atoms with Crippen LogP contribution in [0, 0.1) is 5.92 Å². The minimum atomic E-state index is -0.221. The van der Waals surface area contributed by atoms with E-state index in [1.807, 2.05) is 6.92 Å². The van der Waals surface area contributed by atoms with E-state index in [-0.39, 0.29) is 11.7 Å². The van der Waals surface area contributed by atoms with Crippen molar-refractivity contribution in [2.24, 2.45) is 11.1 Å². The molecule has 0 radical (unpaired) electrons. The van der Waals surface area contributed by atoms with Crippen molar-refractivity contribution in [2.45, 2.75) is 13.3 Å². The molecule has 1 aliphatic rings. The number of allylic oxidation sites excluding steroid dienone is 3. The van der Waals surface area contributed by atoms with Gasteiger partial charge in [0, 0.05) is 0 Å². The second kappa shape index (κ2) is 3.79. The van der Waals surface area contributed by atoms with E-state index >= 15 is 0 Å². The van der Waals surface area contributed by atoms with Crippen LogP contribution in [0.1, 0.15) is 13.3 Å². The molecular formula is C9H11NO2. The summed E-state index contributed by atoms with van der Waals surface area (Å²) < 4.78 is 0. The molecule has 2 N–H and O–H groups in total. The number of nitrogens with zero attached hydrogens (tertiary/aromatic N) is 1. The lowest BCUT2D eigenvalue weighted by molar-refractivity contribution is 0.312. The van der Waals surface area contributed by atoms with Gasteiger partial charge in [0.25, 0.3) is 0 Å². The Labute approximate surface area is 71.0 Å². The summed E-state index contributed by atoms with van der Waals surface area (Å²) in [6.07, 6.45) is 5.18. The molecule has 64 valence electrons. The largest absolute Gasteiger partial charge is 0.512 e. The van der Waals surface area contributed by atoms with Gasteiger partial charge in [0.2, 0.25) is 0 Å². The lowest BCUT2D eigenvalue weighted by atomic mass is 10.0. The average molecular weight is 165 g/mol. The highest BCUT2D eigenvalue weighted by Crippen LogP contribution is 2.18. The quantitative estimate of drug-likeness (QED) is 0.270. The predicted molar refractivity (Wildman–Crippen MR) is 46.4 cm³/mol. The number of rotatable bonds is 1. The Kier molecular flexibility index (Phi) is 2.72. The number of hydrogen-bond donors (Lipinski definition) is 2. The van der Waals surface area contributed by atoms with Crippen molar-refractivity contribution in [3.63, 3.8) is 0 Å². The summed E-state index contributed by atoms with van der Waals surface area (Å²) in [5.74, 6) is -0.0154. The summed E-state index contributed by atoms with van der Waals surface area (Å²) in [7, 11) is 0.